The average Bonchev–Trinajstić information content (AvgIpc) is 2.01. The van der Waals surface area contributed by atoms with Gasteiger partial charge in [0.15, 0.2) is 0 Å². The SMILES string of the molecule is CC1=CC[C@H]([Si](C)(C)C)[C@@H]([N+](=O)[O-])C1. The van der Waals surface area contributed by atoms with Crippen LogP contribution in [0.3, 0.4) is 0 Å². The summed E-state index contributed by atoms with van der Waals surface area (Å²) in [5.41, 5.74) is 1.49. The van der Waals surface area contributed by atoms with Crippen LogP contribution >= 0.6 is 0 Å². The molecule has 0 aromatic rings. The predicted octanol–water partition coefficient (Wildman–Crippen LogP) is 3.08. The van der Waals surface area contributed by atoms with Crippen LogP contribution in [0.5, 0.6) is 0 Å². The number of allylic oxidation sites excluding steroid dienone is 1. The Morgan fingerprint density at radius 3 is 2.50 bits per heavy atom. The molecule has 0 unspecified atom stereocenters. The third kappa shape index (κ3) is 2.44. The monoisotopic (exact) mass is 213 g/mol. The molecule has 0 saturated heterocycles. The zero-order valence-electron chi connectivity index (χ0n) is 9.41. The summed E-state index contributed by atoms with van der Waals surface area (Å²) in [6, 6.07) is -0.327. The largest absolute Gasteiger partial charge is 0.264 e. The van der Waals surface area contributed by atoms with Gasteiger partial charge in [0.25, 0.3) is 0 Å². The molecular weight excluding hydrogens is 194 g/mol. The Morgan fingerprint density at radius 1 is 1.50 bits per heavy atom. The normalized spacial score (nSPS) is 28.4. The Labute approximate surface area is 86.4 Å². The van der Waals surface area contributed by atoms with Crippen LogP contribution in [0, 0.1) is 10.1 Å². The maximum absolute atomic E-state index is 11.0. The first-order valence-electron chi connectivity index (χ1n) is 5.11. The third-order valence-corrected chi connectivity index (χ3v) is 5.94. The summed E-state index contributed by atoms with van der Waals surface area (Å²) in [7, 11) is -1.40. The van der Waals surface area contributed by atoms with E-state index in [1.54, 1.807) is 0 Å². The van der Waals surface area contributed by atoms with E-state index in [4.69, 9.17) is 0 Å². The minimum atomic E-state index is -1.40. The fourth-order valence-corrected chi connectivity index (χ4v) is 4.41. The van der Waals surface area contributed by atoms with Gasteiger partial charge in [0.2, 0.25) is 6.04 Å². The first-order chi connectivity index (χ1) is 6.32. The molecule has 0 radical (unpaired) electrons. The van der Waals surface area contributed by atoms with Gasteiger partial charge >= 0.3 is 0 Å². The van der Waals surface area contributed by atoms with Crippen molar-refractivity contribution < 1.29 is 4.92 Å². The van der Waals surface area contributed by atoms with Crippen LogP contribution in [-0.4, -0.2) is 19.0 Å². The highest BCUT2D eigenvalue weighted by molar-refractivity contribution is 6.77. The zero-order chi connectivity index (χ0) is 10.9. The molecule has 0 fully saturated rings. The van der Waals surface area contributed by atoms with Crippen LogP contribution in [0.4, 0.5) is 0 Å². The molecule has 0 spiro atoms. The van der Waals surface area contributed by atoms with Gasteiger partial charge in [-0.1, -0.05) is 31.3 Å². The molecular formula is C10H19NO2Si. The van der Waals surface area contributed by atoms with Crippen LogP contribution < -0.4 is 0 Å². The van der Waals surface area contributed by atoms with Crippen molar-refractivity contribution in [2.45, 2.75) is 51.0 Å². The van der Waals surface area contributed by atoms with E-state index in [0.29, 0.717) is 12.0 Å². The number of rotatable bonds is 2. The Kier molecular flexibility index (Phi) is 3.14. The van der Waals surface area contributed by atoms with E-state index in [1.807, 2.05) is 6.92 Å². The van der Waals surface area contributed by atoms with E-state index in [2.05, 4.69) is 25.7 Å². The van der Waals surface area contributed by atoms with Gasteiger partial charge in [0.1, 0.15) is 0 Å². The predicted molar refractivity (Wildman–Crippen MR) is 60.9 cm³/mol. The maximum Gasteiger partial charge on any atom is 0.217 e. The van der Waals surface area contributed by atoms with E-state index in [0.717, 1.165) is 6.42 Å². The van der Waals surface area contributed by atoms with Gasteiger partial charge in [-0.25, -0.2) is 0 Å². The lowest BCUT2D eigenvalue weighted by molar-refractivity contribution is -0.523. The molecule has 1 rings (SSSR count). The second-order valence-corrected chi connectivity index (χ2v) is 10.8. The summed E-state index contributed by atoms with van der Waals surface area (Å²) in [5, 5.41) is 11.0. The minimum absolute atomic E-state index is 0.0700. The Bertz CT molecular complexity index is 268. The van der Waals surface area contributed by atoms with E-state index in [9.17, 15) is 10.1 Å². The molecule has 0 aromatic heterocycles. The van der Waals surface area contributed by atoms with Crippen molar-refractivity contribution in [2.24, 2.45) is 0 Å². The molecule has 1 aliphatic rings. The highest BCUT2D eigenvalue weighted by Crippen LogP contribution is 2.37. The molecule has 0 amide bonds. The molecule has 0 aliphatic heterocycles. The van der Waals surface area contributed by atoms with E-state index in [-0.39, 0.29) is 11.0 Å². The van der Waals surface area contributed by atoms with Crippen molar-refractivity contribution in [3.63, 3.8) is 0 Å². The molecule has 80 valence electrons. The van der Waals surface area contributed by atoms with Gasteiger partial charge in [-0.05, 0) is 13.3 Å². The average molecular weight is 213 g/mol. The molecule has 3 nitrogen and oxygen atoms in total. The standard InChI is InChI=1S/C10H19NO2Si/c1-8-5-6-10(14(2,3)4)9(7-8)11(12)13/h5,9-10H,6-7H2,1-4H3/t9-,10-/m0/s1. The van der Waals surface area contributed by atoms with Crippen LogP contribution in [0.1, 0.15) is 19.8 Å². The topological polar surface area (TPSA) is 43.1 Å². The Hall–Kier alpha value is -0.643. The second-order valence-electron chi connectivity index (χ2n) is 5.32. The minimum Gasteiger partial charge on any atom is -0.264 e. The van der Waals surface area contributed by atoms with Crippen molar-refractivity contribution in [2.75, 3.05) is 0 Å². The van der Waals surface area contributed by atoms with Gasteiger partial charge in [0, 0.05) is 16.9 Å². The highest BCUT2D eigenvalue weighted by Gasteiger charge is 2.41. The lowest BCUT2D eigenvalue weighted by atomic mass is 9.96. The summed E-state index contributed by atoms with van der Waals surface area (Å²) in [5.74, 6) is 0. The fourth-order valence-electron chi connectivity index (χ4n) is 2.19. The fraction of sp³-hybridized carbons (Fsp3) is 0.800. The molecule has 14 heavy (non-hydrogen) atoms. The summed E-state index contributed by atoms with van der Waals surface area (Å²) in [6.07, 6.45) is 3.75. The van der Waals surface area contributed by atoms with Gasteiger partial charge < -0.3 is 0 Å². The first-order valence-corrected chi connectivity index (χ1v) is 8.69. The molecule has 1 aliphatic carbocycles. The van der Waals surface area contributed by atoms with Crippen molar-refractivity contribution in [1.82, 2.24) is 0 Å². The summed E-state index contributed by atoms with van der Waals surface area (Å²) < 4.78 is 0. The van der Waals surface area contributed by atoms with Gasteiger partial charge in [-0.15, -0.1) is 0 Å². The summed E-state index contributed by atoms with van der Waals surface area (Å²) in [6.45, 7) is 8.67. The molecule has 0 N–H and O–H groups in total. The zero-order valence-corrected chi connectivity index (χ0v) is 10.4. The molecule has 2 atom stereocenters. The van der Waals surface area contributed by atoms with Crippen molar-refractivity contribution in [3.05, 3.63) is 21.8 Å². The van der Waals surface area contributed by atoms with Crippen LogP contribution in [0.15, 0.2) is 11.6 Å². The summed E-state index contributed by atoms with van der Waals surface area (Å²) in [4.78, 5) is 10.9. The molecule has 0 saturated carbocycles. The van der Waals surface area contributed by atoms with E-state index < -0.39 is 8.07 Å². The van der Waals surface area contributed by atoms with Gasteiger partial charge in [0.05, 0.1) is 8.07 Å². The van der Waals surface area contributed by atoms with Crippen molar-refractivity contribution in [3.8, 4) is 0 Å². The quantitative estimate of drug-likeness (QED) is 0.306. The molecule has 4 heteroatoms. The lowest BCUT2D eigenvalue weighted by Gasteiger charge is -2.33. The number of hydrogen-bond donors (Lipinski definition) is 0. The molecule has 0 heterocycles. The van der Waals surface area contributed by atoms with Crippen molar-refractivity contribution in [1.29, 1.82) is 0 Å². The lowest BCUT2D eigenvalue weighted by Crippen LogP contribution is -2.41. The third-order valence-electron chi connectivity index (χ3n) is 3.10. The van der Waals surface area contributed by atoms with Gasteiger partial charge in [-0.2, -0.15) is 0 Å². The maximum atomic E-state index is 11.0. The number of nitro groups is 1. The van der Waals surface area contributed by atoms with Crippen LogP contribution in [0.25, 0.3) is 0 Å². The first kappa shape index (κ1) is 11.4. The smallest absolute Gasteiger partial charge is 0.217 e. The number of hydrogen-bond acceptors (Lipinski definition) is 2. The molecule has 0 bridgehead atoms. The molecule has 0 aromatic carbocycles. The van der Waals surface area contributed by atoms with E-state index in [1.165, 1.54) is 5.57 Å². The van der Waals surface area contributed by atoms with E-state index >= 15 is 0 Å². The van der Waals surface area contributed by atoms with Crippen LogP contribution in [-0.2, 0) is 0 Å². The summed E-state index contributed by atoms with van der Waals surface area (Å²) >= 11 is 0. The Balaban J connectivity index is 2.89. The second kappa shape index (κ2) is 3.85. The number of nitrogens with zero attached hydrogens (tertiary/aromatic N) is 1. The van der Waals surface area contributed by atoms with Gasteiger partial charge in [-0.3, -0.25) is 10.1 Å². The van der Waals surface area contributed by atoms with Crippen LogP contribution in [0.2, 0.25) is 25.2 Å². The highest BCUT2D eigenvalue weighted by atomic mass is 28.3. The Morgan fingerprint density at radius 2 is 2.07 bits per heavy atom. The van der Waals surface area contributed by atoms with Crippen molar-refractivity contribution >= 4 is 8.07 Å².